The normalized spacial score (nSPS) is 21.0. The molecule has 22 heavy (non-hydrogen) atoms. The summed E-state index contributed by atoms with van der Waals surface area (Å²) < 4.78 is 1.22. The largest absolute Gasteiger partial charge is 0.480 e. The van der Waals surface area contributed by atoms with E-state index in [1.54, 1.807) is 11.3 Å². The smallest absolute Gasteiger partial charge is 0.329 e. The van der Waals surface area contributed by atoms with Gasteiger partial charge in [0.25, 0.3) is 0 Å². The van der Waals surface area contributed by atoms with Crippen molar-refractivity contribution in [3.63, 3.8) is 0 Å². The molecule has 1 aromatic carbocycles. The maximum atomic E-state index is 11.0. The summed E-state index contributed by atoms with van der Waals surface area (Å²) in [6.07, 6.45) is 2.24. The van der Waals surface area contributed by atoms with E-state index in [4.69, 9.17) is 5.11 Å². The van der Waals surface area contributed by atoms with Gasteiger partial charge in [-0.2, -0.15) is 0 Å². The van der Waals surface area contributed by atoms with Gasteiger partial charge in [0.2, 0.25) is 0 Å². The van der Waals surface area contributed by atoms with E-state index in [2.05, 4.69) is 34.1 Å². The van der Waals surface area contributed by atoms with Crippen LogP contribution >= 0.6 is 23.1 Å². The standard InChI is InChI=1S/C15H15N3O2S2/c1-18-6-2-3-8-11(18)5-4-9-12(8)22-14(16-9)13-17-10(7-21-13)15(19)20/h4-5,10H,2-3,6-7H2,1H3,(H,19,20). The maximum Gasteiger partial charge on any atom is 0.329 e. The van der Waals surface area contributed by atoms with Crippen molar-refractivity contribution in [1.82, 2.24) is 4.98 Å². The van der Waals surface area contributed by atoms with Gasteiger partial charge in [0, 0.05) is 25.0 Å². The molecule has 1 atom stereocenters. The van der Waals surface area contributed by atoms with Crippen LogP contribution < -0.4 is 4.90 Å². The number of thioether (sulfide) groups is 1. The van der Waals surface area contributed by atoms with Crippen LogP contribution in [0.25, 0.3) is 10.2 Å². The third-order valence-electron chi connectivity index (χ3n) is 4.09. The van der Waals surface area contributed by atoms with Crippen LogP contribution in [0.1, 0.15) is 17.0 Å². The molecular formula is C15H15N3O2S2. The average molecular weight is 333 g/mol. The van der Waals surface area contributed by atoms with Crippen LogP contribution in [0.3, 0.4) is 0 Å². The Kier molecular flexibility index (Phi) is 3.34. The molecule has 0 spiro atoms. The number of benzene rings is 1. The number of rotatable bonds is 2. The van der Waals surface area contributed by atoms with Crippen molar-refractivity contribution in [2.45, 2.75) is 18.9 Å². The summed E-state index contributed by atoms with van der Waals surface area (Å²) in [7, 11) is 2.13. The first-order valence-corrected chi connectivity index (χ1v) is 9.01. The zero-order valence-electron chi connectivity index (χ0n) is 12.1. The molecule has 4 rings (SSSR count). The summed E-state index contributed by atoms with van der Waals surface area (Å²) in [5.74, 6) is -0.357. The number of aliphatic carboxylic acids is 1. The third-order valence-corrected chi connectivity index (χ3v) is 6.41. The van der Waals surface area contributed by atoms with Gasteiger partial charge < -0.3 is 10.0 Å². The lowest BCUT2D eigenvalue weighted by Crippen LogP contribution is -2.24. The molecule has 0 saturated carbocycles. The van der Waals surface area contributed by atoms with Gasteiger partial charge in [0.1, 0.15) is 10.1 Å². The number of carboxylic acid groups (broad SMARTS) is 1. The summed E-state index contributed by atoms with van der Waals surface area (Å²) in [5, 5.41) is 10.7. The Balaban J connectivity index is 1.79. The Morgan fingerprint density at radius 1 is 1.45 bits per heavy atom. The van der Waals surface area contributed by atoms with E-state index in [1.165, 1.54) is 27.7 Å². The van der Waals surface area contributed by atoms with Gasteiger partial charge in [0.05, 0.1) is 10.2 Å². The molecule has 1 unspecified atom stereocenters. The molecule has 0 radical (unpaired) electrons. The lowest BCUT2D eigenvalue weighted by atomic mass is 10.0. The van der Waals surface area contributed by atoms with E-state index in [9.17, 15) is 4.79 Å². The molecule has 0 bridgehead atoms. The van der Waals surface area contributed by atoms with E-state index in [-0.39, 0.29) is 0 Å². The molecule has 1 aromatic heterocycles. The molecule has 3 heterocycles. The monoisotopic (exact) mass is 333 g/mol. The van der Waals surface area contributed by atoms with Crippen molar-refractivity contribution in [2.24, 2.45) is 4.99 Å². The summed E-state index contributed by atoms with van der Waals surface area (Å²) in [6, 6.07) is 3.57. The number of hydrogen-bond acceptors (Lipinski definition) is 6. The van der Waals surface area contributed by atoms with Crippen LogP contribution in [-0.4, -0.2) is 46.5 Å². The van der Waals surface area contributed by atoms with Crippen LogP contribution in [0, 0.1) is 0 Å². The zero-order chi connectivity index (χ0) is 15.3. The molecule has 2 aromatic rings. The molecule has 5 nitrogen and oxygen atoms in total. The van der Waals surface area contributed by atoms with Crippen molar-refractivity contribution >= 4 is 50.0 Å². The fraction of sp³-hybridized carbons (Fsp3) is 0.400. The number of fused-ring (bicyclic) bond motifs is 3. The molecule has 7 heteroatoms. The first-order chi connectivity index (χ1) is 10.6. The van der Waals surface area contributed by atoms with Gasteiger partial charge in [-0.3, -0.25) is 4.99 Å². The lowest BCUT2D eigenvalue weighted by Gasteiger charge is -2.27. The fourth-order valence-electron chi connectivity index (χ4n) is 2.96. The van der Waals surface area contributed by atoms with Crippen molar-refractivity contribution in [3.8, 4) is 0 Å². The summed E-state index contributed by atoms with van der Waals surface area (Å²) in [5.41, 5.74) is 3.66. The number of carbonyl (C=O) groups is 1. The highest BCUT2D eigenvalue weighted by Crippen LogP contribution is 2.37. The molecule has 114 valence electrons. The number of thiazole rings is 1. The van der Waals surface area contributed by atoms with Crippen LogP contribution in [-0.2, 0) is 11.2 Å². The van der Waals surface area contributed by atoms with Crippen LogP contribution in [0.15, 0.2) is 17.1 Å². The predicted octanol–water partition coefficient (Wildman–Crippen LogP) is 2.63. The van der Waals surface area contributed by atoms with E-state index in [1.807, 2.05) is 0 Å². The highest BCUT2D eigenvalue weighted by molar-refractivity contribution is 8.15. The van der Waals surface area contributed by atoms with E-state index in [0.717, 1.165) is 35.0 Å². The summed E-state index contributed by atoms with van der Waals surface area (Å²) in [4.78, 5) is 22.3. The van der Waals surface area contributed by atoms with Crippen molar-refractivity contribution in [3.05, 3.63) is 22.7 Å². The van der Waals surface area contributed by atoms with E-state index >= 15 is 0 Å². The van der Waals surface area contributed by atoms with Gasteiger partial charge in [-0.25, -0.2) is 9.78 Å². The number of aromatic nitrogens is 1. The van der Waals surface area contributed by atoms with Gasteiger partial charge in [-0.1, -0.05) is 0 Å². The van der Waals surface area contributed by atoms with E-state index < -0.39 is 12.0 Å². The number of aryl methyl sites for hydroxylation is 1. The SMILES string of the molecule is CN1CCCc2c1ccc1nc(C3=NC(C(=O)O)CS3)sc21. The molecule has 0 aliphatic carbocycles. The minimum atomic E-state index is -0.859. The van der Waals surface area contributed by atoms with Gasteiger partial charge in [-0.15, -0.1) is 23.1 Å². The molecular weight excluding hydrogens is 318 g/mol. The highest BCUT2D eigenvalue weighted by Gasteiger charge is 2.27. The minimum absolute atomic E-state index is 0.501. The summed E-state index contributed by atoms with van der Waals surface area (Å²) in [6.45, 7) is 1.09. The first-order valence-electron chi connectivity index (χ1n) is 7.21. The topological polar surface area (TPSA) is 65.8 Å². The molecule has 0 amide bonds. The Bertz CT molecular complexity index is 799. The average Bonchev–Trinajstić information content (AvgIpc) is 3.14. The predicted molar refractivity (Wildman–Crippen MR) is 91.6 cm³/mol. The van der Waals surface area contributed by atoms with Gasteiger partial charge in [0.15, 0.2) is 6.04 Å². The molecule has 0 saturated heterocycles. The second-order valence-corrected chi connectivity index (χ2v) is 7.56. The quantitative estimate of drug-likeness (QED) is 0.915. The minimum Gasteiger partial charge on any atom is -0.480 e. The van der Waals surface area contributed by atoms with Crippen LogP contribution in [0.2, 0.25) is 0 Å². The Morgan fingerprint density at radius 3 is 3.09 bits per heavy atom. The Hall–Kier alpha value is -1.60. The molecule has 0 fully saturated rings. The number of aliphatic imine (C=N–C) groups is 1. The second kappa shape index (κ2) is 5.24. The number of carboxylic acids is 1. The number of nitrogens with zero attached hydrogens (tertiary/aromatic N) is 3. The number of hydrogen-bond donors (Lipinski definition) is 1. The number of anilines is 1. The van der Waals surface area contributed by atoms with Crippen molar-refractivity contribution in [2.75, 3.05) is 24.2 Å². The molecule has 2 aliphatic rings. The Morgan fingerprint density at radius 2 is 2.32 bits per heavy atom. The van der Waals surface area contributed by atoms with Crippen LogP contribution in [0.4, 0.5) is 5.69 Å². The van der Waals surface area contributed by atoms with Crippen molar-refractivity contribution < 1.29 is 9.90 Å². The Labute approximate surface area is 136 Å². The van der Waals surface area contributed by atoms with Gasteiger partial charge in [-0.05, 0) is 30.5 Å². The molecule has 2 aliphatic heterocycles. The van der Waals surface area contributed by atoms with Crippen LogP contribution in [0.5, 0.6) is 0 Å². The summed E-state index contributed by atoms with van der Waals surface area (Å²) >= 11 is 3.13. The second-order valence-electron chi connectivity index (χ2n) is 5.55. The highest BCUT2D eigenvalue weighted by atomic mass is 32.2. The molecule has 1 N–H and O–H groups in total. The first kappa shape index (κ1) is 14.0. The zero-order valence-corrected chi connectivity index (χ0v) is 13.7. The van der Waals surface area contributed by atoms with Crippen molar-refractivity contribution in [1.29, 1.82) is 0 Å². The van der Waals surface area contributed by atoms with E-state index in [0.29, 0.717) is 5.75 Å². The fourth-order valence-corrected chi connectivity index (χ4v) is 5.19. The van der Waals surface area contributed by atoms with Gasteiger partial charge >= 0.3 is 5.97 Å². The lowest BCUT2D eigenvalue weighted by molar-refractivity contribution is -0.137. The third kappa shape index (κ3) is 2.19. The maximum absolute atomic E-state index is 11.0.